The molecule has 0 bridgehead atoms. The Labute approximate surface area is 194 Å². The van der Waals surface area contributed by atoms with E-state index in [2.05, 4.69) is 22.2 Å². The summed E-state index contributed by atoms with van der Waals surface area (Å²) in [6.45, 7) is 5.62. The van der Waals surface area contributed by atoms with Gasteiger partial charge in [0.1, 0.15) is 0 Å². The van der Waals surface area contributed by atoms with Crippen molar-refractivity contribution < 1.29 is 37.8 Å². The van der Waals surface area contributed by atoms with E-state index in [9.17, 15) is 27.9 Å². The maximum absolute atomic E-state index is 12.5. The lowest BCUT2D eigenvalue weighted by atomic mass is 10.1. The van der Waals surface area contributed by atoms with Gasteiger partial charge in [0.05, 0.1) is 11.3 Å². The summed E-state index contributed by atoms with van der Waals surface area (Å²) in [5.41, 5.74) is 2.76. The summed E-state index contributed by atoms with van der Waals surface area (Å²) >= 11 is 0. The molecule has 2 aromatic rings. The van der Waals surface area contributed by atoms with Gasteiger partial charge in [-0.1, -0.05) is 17.7 Å². The van der Waals surface area contributed by atoms with E-state index in [1.54, 1.807) is 24.3 Å². The van der Waals surface area contributed by atoms with Crippen molar-refractivity contribution in [3.8, 4) is 0 Å². The van der Waals surface area contributed by atoms with E-state index in [0.717, 1.165) is 43.9 Å². The Hall–Kier alpha value is -3.60. The van der Waals surface area contributed by atoms with Gasteiger partial charge in [-0.15, -0.1) is 0 Å². The van der Waals surface area contributed by atoms with E-state index in [1.165, 1.54) is 0 Å². The number of aromatic carboxylic acids is 1. The highest BCUT2D eigenvalue weighted by atomic mass is 19.4. The average Bonchev–Trinajstić information content (AvgIpc) is 2.98. The Kier molecular flexibility index (Phi) is 9.02. The largest absolute Gasteiger partial charge is 0.490 e. The zero-order chi connectivity index (χ0) is 25.5. The van der Waals surface area contributed by atoms with Crippen molar-refractivity contribution in [1.29, 1.82) is 0 Å². The highest BCUT2D eigenvalue weighted by Gasteiger charge is 2.38. The number of likely N-dealkylation sites (N-methyl/N-ethyl adjacent to an activating group) is 1. The standard InChI is InChI=1S/C21H25N3O3.C2HF3O2/c1-15-5-3-6-16(13-15)20(25)22-19-8-7-17(14-18(19)21(26)27)24-10-4-9-23(2)11-12-24;3-2(4,5)1(6)7/h3,5-8,13-14H,4,9-12H2,1-2H3,(H,22,25)(H,26,27);(H,6,7). The van der Waals surface area contributed by atoms with Crippen LogP contribution >= 0.6 is 0 Å². The van der Waals surface area contributed by atoms with Crippen LogP contribution in [0.15, 0.2) is 42.5 Å². The van der Waals surface area contributed by atoms with Gasteiger partial charge in [-0.2, -0.15) is 13.2 Å². The van der Waals surface area contributed by atoms with Crippen molar-refractivity contribution >= 4 is 29.2 Å². The van der Waals surface area contributed by atoms with E-state index >= 15 is 0 Å². The smallest absolute Gasteiger partial charge is 0.478 e. The molecule has 184 valence electrons. The molecule has 8 nitrogen and oxygen atoms in total. The molecular weight excluding hydrogens is 455 g/mol. The molecule has 3 rings (SSSR count). The van der Waals surface area contributed by atoms with Crippen LogP contribution < -0.4 is 10.2 Å². The van der Waals surface area contributed by atoms with Gasteiger partial charge in [-0.3, -0.25) is 4.79 Å². The number of amides is 1. The number of benzene rings is 2. The lowest BCUT2D eigenvalue weighted by molar-refractivity contribution is -0.192. The lowest BCUT2D eigenvalue weighted by Gasteiger charge is -2.24. The van der Waals surface area contributed by atoms with Crippen LogP contribution in [0.5, 0.6) is 0 Å². The molecule has 11 heteroatoms. The lowest BCUT2D eigenvalue weighted by Crippen LogP contribution is -2.29. The number of aryl methyl sites for hydroxylation is 1. The molecule has 1 aliphatic heterocycles. The van der Waals surface area contributed by atoms with Gasteiger partial charge in [0.2, 0.25) is 0 Å². The summed E-state index contributed by atoms with van der Waals surface area (Å²) in [4.78, 5) is 37.6. The molecule has 1 aliphatic rings. The number of halogens is 3. The van der Waals surface area contributed by atoms with E-state index in [0.29, 0.717) is 11.3 Å². The highest BCUT2D eigenvalue weighted by Crippen LogP contribution is 2.25. The van der Waals surface area contributed by atoms with Crippen molar-refractivity contribution in [3.63, 3.8) is 0 Å². The zero-order valence-corrected chi connectivity index (χ0v) is 18.7. The number of aliphatic carboxylic acids is 1. The first kappa shape index (κ1) is 26.7. The second kappa shape index (κ2) is 11.5. The summed E-state index contributed by atoms with van der Waals surface area (Å²) in [7, 11) is 2.09. The fraction of sp³-hybridized carbons (Fsp3) is 0.348. The predicted octanol–water partition coefficient (Wildman–Crippen LogP) is 3.72. The summed E-state index contributed by atoms with van der Waals surface area (Å²) in [5, 5.41) is 19.5. The quantitative estimate of drug-likeness (QED) is 0.611. The first-order chi connectivity index (χ1) is 15.9. The Balaban J connectivity index is 0.000000509. The molecular formula is C23H26F3N3O5. The SMILES string of the molecule is Cc1cccc(C(=O)Nc2ccc(N3CCCN(C)CC3)cc2C(=O)O)c1.O=C(O)C(F)(F)F. The molecule has 0 aromatic heterocycles. The first-order valence-corrected chi connectivity index (χ1v) is 10.4. The average molecular weight is 481 g/mol. The molecule has 0 atom stereocenters. The van der Waals surface area contributed by atoms with Gasteiger partial charge < -0.3 is 25.3 Å². The molecule has 1 fully saturated rings. The molecule has 1 saturated heterocycles. The second-order valence-corrected chi connectivity index (χ2v) is 7.81. The number of nitrogens with zero attached hydrogens (tertiary/aromatic N) is 2. The van der Waals surface area contributed by atoms with Gasteiger partial charge in [0.25, 0.3) is 5.91 Å². The molecule has 0 aliphatic carbocycles. The van der Waals surface area contributed by atoms with E-state index in [-0.39, 0.29) is 11.5 Å². The topological polar surface area (TPSA) is 110 Å². The van der Waals surface area contributed by atoms with Crippen LogP contribution in [-0.2, 0) is 4.79 Å². The van der Waals surface area contributed by atoms with Crippen molar-refractivity contribution in [3.05, 3.63) is 59.2 Å². The van der Waals surface area contributed by atoms with Gasteiger partial charge >= 0.3 is 18.1 Å². The fourth-order valence-electron chi connectivity index (χ4n) is 3.30. The maximum atomic E-state index is 12.5. The number of hydrogen-bond donors (Lipinski definition) is 3. The first-order valence-electron chi connectivity index (χ1n) is 10.4. The Morgan fingerprint density at radius 3 is 2.24 bits per heavy atom. The van der Waals surface area contributed by atoms with Crippen LogP contribution in [0.2, 0.25) is 0 Å². The summed E-state index contributed by atoms with van der Waals surface area (Å²) in [6.07, 6.45) is -4.05. The molecule has 0 radical (unpaired) electrons. The molecule has 3 N–H and O–H groups in total. The van der Waals surface area contributed by atoms with E-state index in [1.807, 2.05) is 25.1 Å². The maximum Gasteiger partial charge on any atom is 0.490 e. The normalized spacial score (nSPS) is 14.4. The third-order valence-electron chi connectivity index (χ3n) is 5.09. The monoisotopic (exact) mass is 481 g/mol. The highest BCUT2D eigenvalue weighted by molar-refractivity contribution is 6.08. The number of carbonyl (C=O) groups excluding carboxylic acids is 1. The summed E-state index contributed by atoms with van der Waals surface area (Å²) in [6, 6.07) is 12.4. The van der Waals surface area contributed by atoms with Gasteiger partial charge in [-0.05, 0) is 57.3 Å². The minimum Gasteiger partial charge on any atom is -0.478 e. The number of alkyl halides is 3. The van der Waals surface area contributed by atoms with Crippen molar-refractivity contribution in [2.75, 3.05) is 43.4 Å². The summed E-state index contributed by atoms with van der Waals surface area (Å²) < 4.78 is 31.7. The van der Waals surface area contributed by atoms with Crippen molar-refractivity contribution in [2.45, 2.75) is 19.5 Å². The number of carboxylic acids is 2. The van der Waals surface area contributed by atoms with E-state index in [4.69, 9.17) is 9.90 Å². The minimum absolute atomic E-state index is 0.103. The molecule has 2 aromatic carbocycles. The predicted molar refractivity (Wildman–Crippen MR) is 121 cm³/mol. The Morgan fingerprint density at radius 2 is 1.65 bits per heavy atom. The number of carbonyl (C=O) groups is 3. The molecule has 34 heavy (non-hydrogen) atoms. The minimum atomic E-state index is -5.08. The third-order valence-corrected chi connectivity index (χ3v) is 5.09. The van der Waals surface area contributed by atoms with Crippen molar-refractivity contribution in [1.82, 2.24) is 4.90 Å². The van der Waals surface area contributed by atoms with Crippen molar-refractivity contribution in [2.24, 2.45) is 0 Å². The van der Waals surface area contributed by atoms with E-state index < -0.39 is 18.1 Å². The van der Waals surface area contributed by atoms with Gasteiger partial charge in [0, 0.05) is 30.9 Å². The molecule has 0 unspecified atom stereocenters. The molecule has 1 heterocycles. The van der Waals surface area contributed by atoms with Crippen LogP contribution in [0.3, 0.4) is 0 Å². The Bertz CT molecular complexity index is 1040. The van der Waals surface area contributed by atoms with Gasteiger partial charge in [-0.25, -0.2) is 9.59 Å². The molecule has 0 spiro atoms. The fourth-order valence-corrected chi connectivity index (χ4v) is 3.30. The van der Waals surface area contributed by atoms with Crippen LogP contribution in [-0.4, -0.2) is 72.4 Å². The van der Waals surface area contributed by atoms with Crippen LogP contribution in [0, 0.1) is 6.92 Å². The number of nitrogens with one attached hydrogen (secondary N) is 1. The summed E-state index contributed by atoms with van der Waals surface area (Å²) in [5.74, 6) is -4.12. The second-order valence-electron chi connectivity index (χ2n) is 7.81. The van der Waals surface area contributed by atoms with Crippen LogP contribution in [0.4, 0.5) is 24.5 Å². The van der Waals surface area contributed by atoms with Crippen LogP contribution in [0.1, 0.15) is 32.7 Å². The zero-order valence-electron chi connectivity index (χ0n) is 18.7. The Morgan fingerprint density at radius 1 is 0.971 bits per heavy atom. The number of rotatable bonds is 4. The number of hydrogen-bond acceptors (Lipinski definition) is 5. The molecule has 1 amide bonds. The number of carboxylic acid groups (broad SMARTS) is 2. The molecule has 0 saturated carbocycles. The third kappa shape index (κ3) is 7.77. The van der Waals surface area contributed by atoms with Crippen LogP contribution in [0.25, 0.3) is 0 Å². The number of anilines is 2. The van der Waals surface area contributed by atoms with Gasteiger partial charge in [0.15, 0.2) is 0 Å².